The normalized spacial score (nSPS) is 21.3. The molecule has 1 aliphatic carbocycles. The Labute approximate surface area is 514 Å². The minimum atomic E-state index is -2.03. The summed E-state index contributed by atoms with van der Waals surface area (Å²) in [5.41, 5.74) is 2.03. The highest BCUT2D eigenvalue weighted by atomic mass is 35.5. The number of nitrogens with one attached hydrogen (secondary N) is 8. The molecule has 4 aromatic rings. The molecule has 4 aliphatic rings. The second kappa shape index (κ2) is 28.6. The molecule has 13 N–H and O–H groups in total. The Hall–Kier alpha value is -8.16. The number of hydrogen-bond donors (Lipinski definition) is 13. The maximum absolute atomic E-state index is 14.2. The van der Waals surface area contributed by atoms with Gasteiger partial charge in [0.2, 0.25) is 41.4 Å². The Kier molecular flexibility index (Phi) is 21.4. The Morgan fingerprint density at radius 2 is 1.52 bits per heavy atom. The van der Waals surface area contributed by atoms with Crippen molar-refractivity contribution in [3.63, 3.8) is 0 Å². The molecule has 2 aromatic heterocycles. The van der Waals surface area contributed by atoms with E-state index in [1.54, 1.807) is 63.2 Å². The first-order valence-electron chi connectivity index (χ1n) is 28.8. The fourth-order valence-corrected chi connectivity index (χ4v) is 11.4. The summed E-state index contributed by atoms with van der Waals surface area (Å²) in [6.07, 6.45) is -8.06. The molecule has 5 heterocycles. The van der Waals surface area contributed by atoms with Crippen LogP contribution in [0.5, 0.6) is 0 Å². The second-order valence-corrected chi connectivity index (χ2v) is 23.2. The minimum absolute atomic E-state index is 0.0286. The summed E-state index contributed by atoms with van der Waals surface area (Å²) >= 11 is 6.75. The number of hydrogen-bond acceptors (Lipinski definition) is 20. The van der Waals surface area contributed by atoms with Crippen molar-refractivity contribution in [3.8, 4) is 11.4 Å². The number of aryl methyl sites for hydroxylation is 1. The number of cyclic esters (lactones) is 1. The van der Waals surface area contributed by atoms with E-state index in [0.717, 1.165) is 29.2 Å². The van der Waals surface area contributed by atoms with E-state index < -0.39 is 139 Å². The van der Waals surface area contributed by atoms with Crippen molar-refractivity contribution in [1.29, 1.82) is 0 Å². The summed E-state index contributed by atoms with van der Waals surface area (Å²) in [4.78, 5) is 137. The predicted molar refractivity (Wildman–Crippen MR) is 313 cm³/mol. The number of fused-ring (bicyclic) bond motifs is 5. The molecule has 3 aliphatic heterocycles. The third-order valence-electron chi connectivity index (χ3n) is 16.3. The zero-order chi connectivity index (χ0) is 64.6. The highest BCUT2D eigenvalue weighted by molar-refractivity contribution is 6.32. The quantitative estimate of drug-likeness (QED) is 0.0168. The van der Waals surface area contributed by atoms with E-state index in [-0.39, 0.29) is 75.8 Å². The summed E-state index contributed by atoms with van der Waals surface area (Å²) in [5, 5.41) is 72.5. The highest BCUT2D eigenvalue weighted by Gasteiger charge is 2.47. The number of methoxy groups -OCH3 is 1. The average Bonchev–Trinajstić information content (AvgIpc) is 1.74. The number of halogens is 1. The van der Waals surface area contributed by atoms with E-state index in [2.05, 4.69) is 47.3 Å². The van der Waals surface area contributed by atoms with Gasteiger partial charge in [0.15, 0.2) is 5.60 Å². The number of aliphatic hydroxyl groups excluding tert-OH is 4. The lowest BCUT2D eigenvalue weighted by molar-refractivity contribution is -0.227. The number of pyridine rings is 2. The lowest BCUT2D eigenvalue weighted by Crippen LogP contribution is -2.60. The summed E-state index contributed by atoms with van der Waals surface area (Å²) in [5.74, 6) is -5.94. The first kappa shape index (κ1) is 66.8. The first-order chi connectivity index (χ1) is 42.3. The molecule has 1 fully saturated rings. The predicted octanol–water partition coefficient (Wildman–Crippen LogP) is -2.20. The van der Waals surface area contributed by atoms with Gasteiger partial charge in [-0.15, -0.1) is 0 Å². The maximum atomic E-state index is 14.2. The zero-order valence-electron chi connectivity index (χ0n) is 49.5. The van der Waals surface area contributed by atoms with E-state index in [9.17, 15) is 73.5 Å². The van der Waals surface area contributed by atoms with Crippen LogP contribution in [0, 0.1) is 12.3 Å². The van der Waals surface area contributed by atoms with E-state index >= 15 is 0 Å². The largest absolute Gasteiger partial charge is 0.458 e. The molecule has 480 valence electrons. The van der Waals surface area contributed by atoms with Crippen LogP contribution >= 0.6 is 11.6 Å². The lowest BCUT2D eigenvalue weighted by atomic mass is 9.81. The molecule has 0 bridgehead atoms. The molecule has 8 amide bonds. The van der Waals surface area contributed by atoms with Gasteiger partial charge in [0.05, 0.1) is 80.4 Å². The number of carbonyl (C=O) groups is 9. The van der Waals surface area contributed by atoms with Crippen molar-refractivity contribution >= 4 is 75.9 Å². The topological polar surface area (TPSA) is 423 Å². The number of carbonyl (C=O) groups excluding carboxylic acids is 9. The zero-order valence-corrected chi connectivity index (χ0v) is 50.2. The Balaban J connectivity index is 0.806. The standard InChI is InChI=1S/C59H73ClN10O19/c1-6-59(85)33-17-39-48-31(23-70(39)54(81)32(33)25-88-56(59)83)47-35(13-12-30-28(2)34(60)18-37(67-48)46(30)47)68-55(82)58(3,4)26-87-27-65-44(74)21-64-53(80)38(16-29-10-8-7-9-11-29)66-45(75)22-62-43(73)20-63-52(79)36(69-57(84)86-5)14-15-42(72)61-19-40-49(76)51(78)50(77)41(24-71)89-40/h7-11,17-18,35-36,38,40-41,49-51,71,76-78,85H,6,12-16,19-27H2,1-5H3,(H,61,72)(H,62,73)(H,63,79)(H,64,80)(H,65,74)(H,66,75)(H,68,82)(H,69,84)/t35-,36-,38-,40-,41+,49-,50+,51+,59-/m0/s1. The minimum Gasteiger partial charge on any atom is -0.458 e. The first-order valence-corrected chi connectivity index (χ1v) is 29.2. The van der Waals surface area contributed by atoms with Gasteiger partial charge in [-0.05, 0) is 80.8 Å². The molecular weight excluding hydrogens is 1190 g/mol. The Bertz CT molecular complexity index is 3470. The van der Waals surface area contributed by atoms with Gasteiger partial charge in [-0.2, -0.15) is 0 Å². The molecule has 0 saturated carbocycles. The fraction of sp³-hybridized carbons (Fsp3) is 0.508. The highest BCUT2D eigenvalue weighted by Crippen LogP contribution is 2.47. The number of alkyl carbamates (subject to hydrolysis) is 1. The van der Waals surface area contributed by atoms with Gasteiger partial charge in [0.25, 0.3) is 5.56 Å². The molecular formula is C59H73ClN10O19. The lowest BCUT2D eigenvalue weighted by Gasteiger charge is -2.40. The number of aromatic nitrogens is 2. The van der Waals surface area contributed by atoms with Gasteiger partial charge in [0.1, 0.15) is 55.9 Å². The second-order valence-electron chi connectivity index (χ2n) is 22.8. The number of rotatable bonds is 25. The molecule has 0 radical (unpaired) electrons. The van der Waals surface area contributed by atoms with Crippen molar-refractivity contribution in [3.05, 3.63) is 96.8 Å². The monoisotopic (exact) mass is 1260 g/mol. The van der Waals surface area contributed by atoms with Crippen molar-refractivity contribution in [1.82, 2.24) is 52.1 Å². The fourth-order valence-electron chi connectivity index (χ4n) is 11.1. The Morgan fingerprint density at radius 1 is 0.843 bits per heavy atom. The van der Waals surface area contributed by atoms with Crippen LogP contribution in [-0.2, 0) is 88.9 Å². The molecule has 0 spiro atoms. The number of benzene rings is 2. The van der Waals surface area contributed by atoms with Crippen molar-refractivity contribution in [2.24, 2.45) is 5.41 Å². The van der Waals surface area contributed by atoms with Crippen LogP contribution in [0.2, 0.25) is 5.02 Å². The summed E-state index contributed by atoms with van der Waals surface area (Å²) in [7, 11) is 1.03. The molecule has 0 unspecified atom stereocenters. The van der Waals surface area contributed by atoms with Crippen LogP contribution in [0.4, 0.5) is 4.79 Å². The van der Waals surface area contributed by atoms with Gasteiger partial charge >= 0.3 is 12.1 Å². The molecule has 29 nitrogen and oxygen atoms in total. The molecule has 9 atom stereocenters. The van der Waals surface area contributed by atoms with E-state index in [1.165, 1.54) is 4.57 Å². The van der Waals surface area contributed by atoms with Crippen molar-refractivity contribution in [2.45, 2.75) is 134 Å². The maximum Gasteiger partial charge on any atom is 0.407 e. The molecule has 30 heteroatoms. The van der Waals surface area contributed by atoms with Gasteiger partial charge in [-0.25, -0.2) is 14.6 Å². The van der Waals surface area contributed by atoms with Crippen LogP contribution in [-0.4, -0.2) is 184 Å². The van der Waals surface area contributed by atoms with Crippen LogP contribution in [0.15, 0.2) is 47.3 Å². The SMILES string of the molecule is CC[C@@]1(O)C(=O)OCc2c1cc1n(c2=O)Cc2c-1nc1cc(Cl)c(C)c3c1c2[C@@H](NC(=O)C(C)(C)COCNC(=O)CNC(=O)[C@H](Cc1ccccc1)NC(=O)CNC(=O)CNC(=O)[C@H](CCC(=O)NC[C@@H]1O[C@H](CO)[C@@H](O)[C@H](O)[C@H]1O)NC(=O)OC)CC3. The number of nitrogens with zero attached hydrogens (tertiary/aromatic N) is 2. The van der Waals surface area contributed by atoms with Gasteiger partial charge in [0, 0.05) is 40.9 Å². The number of esters is 1. The summed E-state index contributed by atoms with van der Waals surface area (Å²) in [6, 6.07) is 8.76. The summed E-state index contributed by atoms with van der Waals surface area (Å²) < 4.78 is 22.5. The van der Waals surface area contributed by atoms with Crippen LogP contribution in [0.3, 0.4) is 0 Å². The van der Waals surface area contributed by atoms with Gasteiger partial charge in [-0.1, -0.05) is 48.9 Å². The molecule has 8 rings (SSSR count). The summed E-state index contributed by atoms with van der Waals surface area (Å²) in [6.45, 7) is 3.21. The molecule has 2 aromatic carbocycles. The average molecular weight is 1260 g/mol. The number of amides is 8. The molecule has 1 saturated heterocycles. The van der Waals surface area contributed by atoms with E-state index in [4.69, 9.17) is 30.8 Å². The number of aliphatic hydroxyl groups is 5. The number of ether oxygens (including phenoxy) is 4. The third kappa shape index (κ3) is 15.0. The van der Waals surface area contributed by atoms with E-state index in [1.807, 2.05) is 6.92 Å². The Morgan fingerprint density at radius 3 is 2.20 bits per heavy atom. The third-order valence-corrected chi connectivity index (χ3v) is 16.7. The van der Waals surface area contributed by atoms with Gasteiger partial charge in [-0.3, -0.25) is 38.4 Å². The van der Waals surface area contributed by atoms with Crippen molar-refractivity contribution < 1.29 is 87.6 Å². The van der Waals surface area contributed by atoms with Gasteiger partial charge < -0.3 is 91.6 Å². The van der Waals surface area contributed by atoms with E-state index in [0.29, 0.717) is 45.9 Å². The van der Waals surface area contributed by atoms with Crippen LogP contribution in [0.25, 0.3) is 22.3 Å². The molecule has 89 heavy (non-hydrogen) atoms. The van der Waals surface area contributed by atoms with Crippen LogP contribution < -0.4 is 48.1 Å². The smallest absolute Gasteiger partial charge is 0.407 e. The van der Waals surface area contributed by atoms with Crippen LogP contribution in [0.1, 0.15) is 91.4 Å². The van der Waals surface area contributed by atoms with Crippen molar-refractivity contribution in [2.75, 3.05) is 53.2 Å².